The Morgan fingerprint density at radius 2 is 2.41 bits per heavy atom. The van der Waals surface area contributed by atoms with E-state index in [1.54, 1.807) is 10.4 Å². The zero-order valence-corrected chi connectivity index (χ0v) is 10.1. The normalized spacial score (nSPS) is 31.6. The number of likely N-dealkylation sites (tertiary alicyclic amines) is 1. The summed E-state index contributed by atoms with van der Waals surface area (Å²) in [5, 5.41) is 20.6. The number of fused-ring (bicyclic) bond motifs is 1. The molecule has 2 amide bonds. The average Bonchev–Trinajstić information content (AvgIpc) is 2.97. The van der Waals surface area contributed by atoms with Crippen LogP contribution in [0.5, 0.6) is 0 Å². The molecule has 3 atom stereocenters. The molecule has 1 aromatic heterocycles. The van der Waals surface area contributed by atoms with Crippen molar-refractivity contribution in [3.63, 3.8) is 0 Å². The molecule has 2 N–H and O–H groups in total. The molecule has 1 saturated heterocycles. The van der Waals surface area contributed by atoms with Crippen molar-refractivity contribution >= 4 is 22.5 Å². The highest BCUT2D eigenvalue weighted by Crippen LogP contribution is 2.38. The Hall–Kier alpha value is -1.21. The summed E-state index contributed by atoms with van der Waals surface area (Å²) < 4.78 is 0. The largest absolute Gasteiger partial charge is 0.391 e. The van der Waals surface area contributed by atoms with Gasteiger partial charge < -0.3 is 10.0 Å². The van der Waals surface area contributed by atoms with E-state index < -0.39 is 0 Å². The number of amides is 2. The summed E-state index contributed by atoms with van der Waals surface area (Å²) in [7, 11) is 0. The van der Waals surface area contributed by atoms with Crippen LogP contribution in [-0.4, -0.2) is 44.9 Å². The van der Waals surface area contributed by atoms with E-state index in [4.69, 9.17) is 0 Å². The number of aliphatic hydroxyl groups is 1. The van der Waals surface area contributed by atoms with Crippen molar-refractivity contribution in [3.05, 3.63) is 5.51 Å². The molecule has 17 heavy (non-hydrogen) atoms. The van der Waals surface area contributed by atoms with Crippen LogP contribution in [0.25, 0.3) is 0 Å². The van der Waals surface area contributed by atoms with Crippen molar-refractivity contribution < 1.29 is 9.90 Å². The van der Waals surface area contributed by atoms with Gasteiger partial charge in [0.2, 0.25) is 5.13 Å². The van der Waals surface area contributed by atoms with E-state index in [1.165, 1.54) is 11.3 Å². The number of hydrogen-bond acceptors (Lipinski definition) is 5. The highest BCUT2D eigenvalue weighted by molar-refractivity contribution is 7.13. The number of nitrogens with one attached hydrogen (secondary N) is 1. The standard InChI is InChI=1S/C10H14N4O2S/c15-7-2-1-6-3-4-14(8(6)7)10(16)12-9-13-11-5-17-9/h5-8,15H,1-4H2,(H,12,13,16)/t6-,7-,8+/m1/s1. The van der Waals surface area contributed by atoms with E-state index in [1.807, 2.05) is 0 Å². The third kappa shape index (κ3) is 1.89. The predicted molar refractivity (Wildman–Crippen MR) is 62.8 cm³/mol. The first-order valence-corrected chi connectivity index (χ1v) is 6.65. The summed E-state index contributed by atoms with van der Waals surface area (Å²) in [4.78, 5) is 13.8. The number of urea groups is 1. The minimum atomic E-state index is -0.373. The first-order chi connectivity index (χ1) is 8.25. The molecule has 0 unspecified atom stereocenters. The smallest absolute Gasteiger partial charge is 0.324 e. The van der Waals surface area contributed by atoms with Gasteiger partial charge in [-0.05, 0) is 25.2 Å². The summed E-state index contributed by atoms with van der Waals surface area (Å²) >= 11 is 1.29. The van der Waals surface area contributed by atoms with Crippen molar-refractivity contribution in [1.29, 1.82) is 0 Å². The second-order valence-electron chi connectivity index (χ2n) is 4.55. The van der Waals surface area contributed by atoms with Crippen LogP contribution in [0.15, 0.2) is 5.51 Å². The molecule has 1 aromatic rings. The van der Waals surface area contributed by atoms with Crippen LogP contribution in [-0.2, 0) is 0 Å². The number of carbonyl (C=O) groups excluding carboxylic acids is 1. The highest BCUT2D eigenvalue weighted by atomic mass is 32.1. The van der Waals surface area contributed by atoms with Crippen molar-refractivity contribution in [3.8, 4) is 0 Å². The fourth-order valence-electron chi connectivity index (χ4n) is 2.90. The Balaban J connectivity index is 1.70. The zero-order valence-electron chi connectivity index (χ0n) is 9.24. The van der Waals surface area contributed by atoms with Gasteiger partial charge in [0.1, 0.15) is 5.51 Å². The number of aromatic nitrogens is 2. The second-order valence-corrected chi connectivity index (χ2v) is 5.38. The fourth-order valence-corrected chi connectivity index (χ4v) is 3.33. The molecule has 1 saturated carbocycles. The Morgan fingerprint density at radius 3 is 3.18 bits per heavy atom. The molecule has 0 bridgehead atoms. The van der Waals surface area contributed by atoms with Gasteiger partial charge in [-0.2, -0.15) is 0 Å². The van der Waals surface area contributed by atoms with Gasteiger partial charge in [-0.3, -0.25) is 5.32 Å². The lowest BCUT2D eigenvalue weighted by Crippen LogP contribution is -2.44. The first kappa shape index (κ1) is 10.9. The molecule has 0 radical (unpaired) electrons. The molecular formula is C10H14N4O2S. The van der Waals surface area contributed by atoms with Crippen molar-refractivity contribution in [1.82, 2.24) is 15.1 Å². The molecule has 2 heterocycles. The van der Waals surface area contributed by atoms with Gasteiger partial charge >= 0.3 is 6.03 Å². The number of aliphatic hydroxyl groups excluding tert-OH is 1. The van der Waals surface area contributed by atoms with Crippen molar-refractivity contribution in [2.45, 2.75) is 31.4 Å². The third-order valence-corrected chi connectivity index (χ3v) is 4.25. The van der Waals surface area contributed by atoms with Gasteiger partial charge in [-0.15, -0.1) is 10.2 Å². The molecule has 1 aliphatic carbocycles. The summed E-state index contributed by atoms with van der Waals surface area (Å²) in [6.07, 6.45) is 2.44. The van der Waals surface area contributed by atoms with Crippen LogP contribution in [0.4, 0.5) is 9.93 Å². The van der Waals surface area contributed by atoms with Crippen LogP contribution in [0, 0.1) is 5.92 Å². The molecule has 6 nitrogen and oxygen atoms in total. The lowest BCUT2D eigenvalue weighted by Gasteiger charge is -2.26. The number of hydrogen-bond donors (Lipinski definition) is 2. The molecule has 2 aliphatic rings. The second kappa shape index (κ2) is 4.23. The predicted octanol–water partition coefficient (Wildman–Crippen LogP) is 0.915. The first-order valence-electron chi connectivity index (χ1n) is 5.77. The summed E-state index contributed by atoms with van der Waals surface area (Å²) in [5.41, 5.74) is 1.58. The van der Waals surface area contributed by atoms with Gasteiger partial charge in [-0.1, -0.05) is 11.3 Å². The maximum atomic E-state index is 12.0. The van der Waals surface area contributed by atoms with Gasteiger partial charge in [0.05, 0.1) is 12.1 Å². The van der Waals surface area contributed by atoms with Crippen molar-refractivity contribution in [2.75, 3.05) is 11.9 Å². The quantitative estimate of drug-likeness (QED) is 0.781. The summed E-state index contributed by atoms with van der Waals surface area (Å²) in [5.74, 6) is 0.463. The topological polar surface area (TPSA) is 78.4 Å². The van der Waals surface area contributed by atoms with Crippen LogP contribution in [0.1, 0.15) is 19.3 Å². The van der Waals surface area contributed by atoms with Crippen LogP contribution < -0.4 is 5.32 Å². The van der Waals surface area contributed by atoms with Crippen molar-refractivity contribution in [2.24, 2.45) is 5.92 Å². The number of nitrogens with zero attached hydrogens (tertiary/aromatic N) is 3. The lowest BCUT2D eigenvalue weighted by molar-refractivity contribution is 0.101. The number of rotatable bonds is 1. The van der Waals surface area contributed by atoms with Gasteiger partial charge in [0, 0.05) is 6.54 Å². The molecule has 0 aromatic carbocycles. The average molecular weight is 254 g/mol. The Labute approximate surface area is 103 Å². The van der Waals surface area contributed by atoms with E-state index in [9.17, 15) is 9.90 Å². The van der Waals surface area contributed by atoms with Crippen LogP contribution in [0.2, 0.25) is 0 Å². The lowest BCUT2D eigenvalue weighted by atomic mass is 10.0. The SMILES string of the molecule is O=C(Nc1nncs1)N1CC[C@H]2CC[C@@H](O)[C@H]21. The fraction of sp³-hybridized carbons (Fsp3) is 0.700. The monoisotopic (exact) mass is 254 g/mol. The van der Waals surface area contributed by atoms with E-state index in [2.05, 4.69) is 15.5 Å². The molecule has 1 aliphatic heterocycles. The number of carbonyl (C=O) groups is 1. The zero-order chi connectivity index (χ0) is 11.8. The van der Waals surface area contributed by atoms with Gasteiger partial charge in [-0.25, -0.2) is 4.79 Å². The summed E-state index contributed by atoms with van der Waals surface area (Å²) in [6.45, 7) is 0.719. The Morgan fingerprint density at radius 1 is 1.53 bits per heavy atom. The molecule has 3 rings (SSSR count). The molecule has 7 heteroatoms. The minimum Gasteiger partial charge on any atom is -0.391 e. The maximum Gasteiger partial charge on any atom is 0.324 e. The molecular weight excluding hydrogens is 240 g/mol. The Bertz CT molecular complexity index is 410. The van der Waals surface area contributed by atoms with E-state index >= 15 is 0 Å². The minimum absolute atomic E-state index is 0.0112. The molecule has 0 spiro atoms. The van der Waals surface area contributed by atoms with E-state index in [-0.39, 0.29) is 18.2 Å². The summed E-state index contributed by atoms with van der Waals surface area (Å²) in [6, 6.07) is -0.182. The molecule has 2 fully saturated rings. The van der Waals surface area contributed by atoms with E-state index in [0.29, 0.717) is 11.0 Å². The van der Waals surface area contributed by atoms with Crippen LogP contribution in [0.3, 0.4) is 0 Å². The highest BCUT2D eigenvalue weighted by Gasteiger charge is 2.45. The van der Waals surface area contributed by atoms with E-state index in [0.717, 1.165) is 25.8 Å². The Kier molecular flexibility index (Phi) is 2.71. The maximum absolute atomic E-state index is 12.0. The van der Waals surface area contributed by atoms with Gasteiger partial charge in [0.15, 0.2) is 0 Å². The molecule has 92 valence electrons. The van der Waals surface area contributed by atoms with Crippen LogP contribution >= 0.6 is 11.3 Å². The third-order valence-electron chi connectivity index (χ3n) is 3.65. The number of anilines is 1. The van der Waals surface area contributed by atoms with Gasteiger partial charge in [0.25, 0.3) is 0 Å².